The first-order chi connectivity index (χ1) is 30.8. The summed E-state index contributed by atoms with van der Waals surface area (Å²) in [5, 5.41) is 9.06. The van der Waals surface area contributed by atoms with Crippen LogP contribution in [0.15, 0.2) is 121 Å². The number of hydrogen-bond donors (Lipinski definition) is 3. The van der Waals surface area contributed by atoms with Gasteiger partial charge in [-0.25, -0.2) is 0 Å². The third-order valence-corrected chi connectivity index (χ3v) is 12.5. The van der Waals surface area contributed by atoms with E-state index in [1.807, 2.05) is 89.8 Å². The van der Waals surface area contributed by atoms with Crippen molar-refractivity contribution in [1.82, 2.24) is 20.9 Å². The van der Waals surface area contributed by atoms with Crippen molar-refractivity contribution < 1.29 is 23.9 Å². The second kappa shape index (κ2) is 19.4. The third-order valence-electron chi connectivity index (χ3n) is 12.5. The Labute approximate surface area is 378 Å². The summed E-state index contributed by atoms with van der Waals surface area (Å²) in [6.07, 6.45) is 0.455. The number of benzene rings is 5. The van der Waals surface area contributed by atoms with Gasteiger partial charge in [0.25, 0.3) is 5.91 Å². The molecule has 3 N–H and O–H groups in total. The van der Waals surface area contributed by atoms with Crippen molar-refractivity contribution in [3.05, 3.63) is 155 Å². The second-order valence-corrected chi connectivity index (χ2v) is 17.5. The number of anilines is 2. The molecule has 11 heteroatoms. The molecule has 64 heavy (non-hydrogen) atoms. The maximum Gasteiger partial charge on any atom is 0.255 e. The monoisotopic (exact) mass is 862 g/mol. The van der Waals surface area contributed by atoms with Crippen molar-refractivity contribution in [2.24, 2.45) is 5.41 Å². The lowest BCUT2D eigenvalue weighted by Crippen LogP contribution is -2.57. The van der Waals surface area contributed by atoms with E-state index in [0.717, 1.165) is 65.4 Å². The van der Waals surface area contributed by atoms with Gasteiger partial charge in [-0.1, -0.05) is 112 Å². The first-order valence-electron chi connectivity index (χ1n) is 22.7. The van der Waals surface area contributed by atoms with Crippen LogP contribution in [0, 0.1) is 5.41 Å². The van der Waals surface area contributed by atoms with Gasteiger partial charge < -0.3 is 35.4 Å². The fraction of sp³-hybridized carbons (Fsp3) is 0.358. The highest BCUT2D eigenvalue weighted by Gasteiger charge is 2.56. The highest BCUT2D eigenvalue weighted by Crippen LogP contribution is 2.58. The van der Waals surface area contributed by atoms with Crippen LogP contribution in [0.5, 0.6) is 11.5 Å². The molecule has 0 aromatic heterocycles. The van der Waals surface area contributed by atoms with E-state index in [0.29, 0.717) is 17.1 Å². The van der Waals surface area contributed by atoms with Crippen LogP contribution in [0.3, 0.4) is 0 Å². The Bertz CT molecular complexity index is 2400. The van der Waals surface area contributed by atoms with Crippen LogP contribution in [-0.4, -0.2) is 79.9 Å². The quantitative estimate of drug-likeness (QED) is 0.0871. The molecule has 0 radical (unpaired) electrons. The molecule has 0 aliphatic carbocycles. The van der Waals surface area contributed by atoms with Crippen LogP contribution in [0.4, 0.5) is 11.4 Å². The van der Waals surface area contributed by atoms with E-state index in [9.17, 15) is 19.2 Å². The second-order valence-electron chi connectivity index (χ2n) is 17.5. The number of nitrogens with one attached hydrogen (secondary N) is 3. The zero-order chi connectivity index (χ0) is 45.6. The van der Waals surface area contributed by atoms with E-state index >= 15 is 0 Å². The molecule has 7 rings (SSSR count). The smallest absolute Gasteiger partial charge is 0.255 e. The maximum atomic E-state index is 14.9. The molecule has 2 heterocycles. The molecule has 1 spiro atoms. The average Bonchev–Trinajstić information content (AvgIpc) is 3.53. The molecule has 4 amide bonds. The Balaban J connectivity index is 1.23. The number of ether oxygens (including phenoxy) is 1. The fourth-order valence-electron chi connectivity index (χ4n) is 9.08. The van der Waals surface area contributed by atoms with Crippen molar-refractivity contribution in [2.45, 2.75) is 78.9 Å². The minimum absolute atomic E-state index is 0.0935. The van der Waals surface area contributed by atoms with E-state index in [4.69, 9.17) is 4.74 Å². The lowest BCUT2D eigenvalue weighted by molar-refractivity contribution is -0.134. The predicted octanol–water partition coefficient (Wildman–Crippen LogP) is 7.85. The molecule has 0 saturated heterocycles. The summed E-state index contributed by atoms with van der Waals surface area (Å²) in [7, 11) is 0. The van der Waals surface area contributed by atoms with Gasteiger partial charge >= 0.3 is 0 Å². The Hall–Kier alpha value is -6.62. The molecule has 334 valence electrons. The van der Waals surface area contributed by atoms with Crippen molar-refractivity contribution in [2.75, 3.05) is 49.1 Å². The van der Waals surface area contributed by atoms with Crippen LogP contribution in [0.25, 0.3) is 0 Å². The summed E-state index contributed by atoms with van der Waals surface area (Å²) in [5.41, 5.74) is 5.07. The summed E-state index contributed by atoms with van der Waals surface area (Å²) in [5.74, 6) is 0.0314. The fourth-order valence-corrected chi connectivity index (χ4v) is 9.08. The Kier molecular flexibility index (Phi) is 13.8. The van der Waals surface area contributed by atoms with E-state index in [-0.39, 0.29) is 37.7 Å². The van der Waals surface area contributed by atoms with Gasteiger partial charge in [0.2, 0.25) is 17.7 Å². The third kappa shape index (κ3) is 9.07. The number of rotatable bonds is 17. The van der Waals surface area contributed by atoms with Gasteiger partial charge in [-0.2, -0.15) is 0 Å². The van der Waals surface area contributed by atoms with Gasteiger partial charge in [0.05, 0.1) is 0 Å². The maximum absolute atomic E-state index is 14.9. The van der Waals surface area contributed by atoms with Crippen molar-refractivity contribution >= 4 is 35.0 Å². The van der Waals surface area contributed by atoms with Crippen LogP contribution >= 0.6 is 0 Å². The van der Waals surface area contributed by atoms with Gasteiger partial charge in [0, 0.05) is 97.7 Å². The van der Waals surface area contributed by atoms with Crippen LogP contribution in [0.2, 0.25) is 0 Å². The Morgan fingerprint density at radius 3 is 1.61 bits per heavy atom. The molecule has 2 aliphatic rings. The normalized spacial score (nSPS) is 14.4. The van der Waals surface area contributed by atoms with Crippen LogP contribution in [0.1, 0.15) is 86.6 Å². The number of nitrogens with zero attached hydrogens (tertiary/aromatic N) is 3. The molecule has 0 fully saturated rings. The first-order valence-corrected chi connectivity index (χ1v) is 22.7. The van der Waals surface area contributed by atoms with Crippen LogP contribution in [-0.2, 0) is 32.8 Å². The summed E-state index contributed by atoms with van der Waals surface area (Å²) < 4.78 is 6.86. The van der Waals surface area contributed by atoms with Gasteiger partial charge in [-0.15, -0.1) is 0 Å². The Morgan fingerprint density at radius 2 is 1.11 bits per heavy atom. The van der Waals surface area contributed by atoms with Crippen molar-refractivity contribution in [1.29, 1.82) is 0 Å². The van der Waals surface area contributed by atoms with E-state index in [1.165, 1.54) is 0 Å². The topological polar surface area (TPSA) is 123 Å². The Morgan fingerprint density at radius 1 is 0.625 bits per heavy atom. The standard InChI is InChI=1S/C53H62N6O5/c1-8-57(9-2)38-26-28-42-46(34-38)64-47-35-39(58(10-3)11-4)27-29-43(47)53(42)41-25-19-18-24-40(41)50(62)59(53)31-30-54-48(60)44(32-36-20-14-12-15-21-36)55-49(61)45(56-51(63)52(5,6)7)33-37-22-16-13-17-23-37/h12-29,34-35,44-45H,8-11,30-33H2,1-7H3,(H,54,60)(H,55,61)(H,56,63)/t44-,45-/m0/s1. The predicted molar refractivity (Wildman–Crippen MR) is 254 cm³/mol. The summed E-state index contributed by atoms with van der Waals surface area (Å²) in [6.45, 7) is 17.4. The van der Waals surface area contributed by atoms with Crippen molar-refractivity contribution in [3.63, 3.8) is 0 Å². The first kappa shape index (κ1) is 45.4. The molecule has 5 aromatic carbocycles. The lowest BCUT2D eigenvalue weighted by Gasteiger charge is -2.45. The molecule has 2 aliphatic heterocycles. The summed E-state index contributed by atoms with van der Waals surface area (Å²) in [6, 6.07) is 37.4. The van der Waals surface area contributed by atoms with Crippen molar-refractivity contribution in [3.8, 4) is 11.5 Å². The average molecular weight is 863 g/mol. The number of amides is 4. The largest absolute Gasteiger partial charge is 0.456 e. The van der Waals surface area contributed by atoms with E-state index in [2.05, 4.69) is 89.8 Å². The van der Waals surface area contributed by atoms with Gasteiger partial charge in [-0.05, 0) is 62.6 Å². The van der Waals surface area contributed by atoms with Gasteiger partial charge in [0.1, 0.15) is 29.1 Å². The number of fused-ring (bicyclic) bond motifs is 6. The zero-order valence-electron chi connectivity index (χ0n) is 38.2. The molecule has 5 aromatic rings. The minimum atomic E-state index is -1.07. The minimum Gasteiger partial charge on any atom is -0.456 e. The molecule has 0 unspecified atom stereocenters. The zero-order valence-corrected chi connectivity index (χ0v) is 38.2. The molecule has 2 atom stereocenters. The van der Waals surface area contributed by atoms with Gasteiger partial charge in [0.15, 0.2) is 0 Å². The molecule has 11 nitrogen and oxygen atoms in total. The summed E-state index contributed by atoms with van der Waals surface area (Å²) in [4.78, 5) is 63.2. The number of hydrogen-bond acceptors (Lipinski definition) is 7. The number of carbonyl (C=O) groups excluding carboxylic acids is 4. The van der Waals surface area contributed by atoms with E-state index in [1.54, 1.807) is 20.8 Å². The lowest BCUT2D eigenvalue weighted by atomic mass is 9.74. The van der Waals surface area contributed by atoms with Crippen LogP contribution < -0.4 is 30.5 Å². The molecular weight excluding hydrogens is 801 g/mol. The van der Waals surface area contributed by atoms with E-state index < -0.39 is 34.9 Å². The van der Waals surface area contributed by atoms with Gasteiger partial charge in [-0.3, -0.25) is 19.2 Å². The molecule has 0 saturated carbocycles. The summed E-state index contributed by atoms with van der Waals surface area (Å²) >= 11 is 0. The molecule has 0 bridgehead atoms. The number of carbonyl (C=O) groups is 4. The highest BCUT2D eigenvalue weighted by atomic mass is 16.5. The SMILES string of the molecule is CCN(CC)c1ccc2c(c1)Oc1cc(N(CC)CC)ccc1C21c2ccccc2C(=O)N1CCNC(=O)[C@H](Cc1ccccc1)NC(=O)[C@H](Cc1ccccc1)NC(=O)C(C)(C)C. The molecular formula is C53H62N6O5. The highest BCUT2D eigenvalue weighted by molar-refractivity contribution is 6.02.